The molecule has 2 aromatic carbocycles. The number of esters is 1. The number of nitrogens with one attached hydrogen (secondary N) is 1. The van der Waals surface area contributed by atoms with E-state index in [0.29, 0.717) is 15.6 Å². The van der Waals surface area contributed by atoms with Crippen LogP contribution in [-0.4, -0.2) is 26.1 Å². The third kappa shape index (κ3) is 4.26. The third-order valence-corrected chi connectivity index (χ3v) is 5.45. The number of rotatable bonds is 5. The van der Waals surface area contributed by atoms with Crippen molar-refractivity contribution in [2.75, 3.05) is 19.5 Å². The number of hydrogen-bond acceptors (Lipinski definition) is 5. The molecule has 1 aromatic heterocycles. The summed E-state index contributed by atoms with van der Waals surface area (Å²) in [7, 11) is 2.66. The number of carbonyl (C=O) groups excluding carboxylic acids is 2. The van der Waals surface area contributed by atoms with Gasteiger partial charge in [0.05, 0.1) is 30.3 Å². The predicted molar refractivity (Wildman–Crippen MR) is 112 cm³/mol. The number of thiophene rings is 1. The smallest absolute Gasteiger partial charge is 0.341 e. The van der Waals surface area contributed by atoms with E-state index in [1.54, 1.807) is 36.6 Å². The van der Waals surface area contributed by atoms with E-state index in [0.717, 1.165) is 16.9 Å². The minimum absolute atomic E-state index is 0.0783. The molecule has 0 radical (unpaired) electrons. The molecule has 1 amide bonds. The lowest BCUT2D eigenvalue weighted by Gasteiger charge is -2.11. The van der Waals surface area contributed by atoms with E-state index < -0.39 is 17.7 Å². The summed E-state index contributed by atoms with van der Waals surface area (Å²) in [5.74, 6) is -1.35. The van der Waals surface area contributed by atoms with Crippen LogP contribution in [0.2, 0.25) is 5.02 Å². The number of ether oxygens (including phenoxy) is 2. The first-order chi connectivity index (χ1) is 13.8. The normalized spacial score (nSPS) is 10.5. The zero-order valence-corrected chi connectivity index (χ0v) is 17.4. The number of halogens is 2. The summed E-state index contributed by atoms with van der Waals surface area (Å²) < 4.78 is 24.6. The molecule has 0 spiro atoms. The zero-order valence-electron chi connectivity index (χ0n) is 15.8. The van der Waals surface area contributed by atoms with Gasteiger partial charge in [0.15, 0.2) is 0 Å². The summed E-state index contributed by atoms with van der Waals surface area (Å²) in [6.07, 6.45) is 0. The molecule has 0 aliphatic rings. The van der Waals surface area contributed by atoms with Gasteiger partial charge in [0.2, 0.25) is 0 Å². The van der Waals surface area contributed by atoms with Gasteiger partial charge in [0, 0.05) is 16.0 Å². The summed E-state index contributed by atoms with van der Waals surface area (Å²) in [5, 5.41) is 4.60. The molecule has 0 saturated heterocycles. The Kier molecular flexibility index (Phi) is 6.20. The lowest BCUT2D eigenvalue weighted by Crippen LogP contribution is -2.15. The second-order valence-electron chi connectivity index (χ2n) is 6.13. The highest BCUT2D eigenvalue weighted by molar-refractivity contribution is 7.14. The second-order valence-corrected chi connectivity index (χ2v) is 7.44. The third-order valence-electron chi connectivity index (χ3n) is 4.20. The molecule has 5 nitrogen and oxygen atoms in total. The van der Waals surface area contributed by atoms with Crippen LogP contribution in [0.4, 0.5) is 10.1 Å². The Morgan fingerprint density at radius 1 is 1.14 bits per heavy atom. The number of hydrogen-bond donors (Lipinski definition) is 1. The molecule has 29 heavy (non-hydrogen) atoms. The van der Waals surface area contributed by atoms with Crippen molar-refractivity contribution in [3.63, 3.8) is 0 Å². The van der Waals surface area contributed by atoms with Crippen LogP contribution in [0.25, 0.3) is 10.4 Å². The molecule has 3 rings (SSSR count). The largest absolute Gasteiger partial charge is 0.496 e. The molecule has 1 N–H and O–H groups in total. The number of methoxy groups -OCH3 is 2. The van der Waals surface area contributed by atoms with E-state index in [2.05, 4.69) is 5.32 Å². The van der Waals surface area contributed by atoms with Gasteiger partial charge in [-0.3, -0.25) is 4.79 Å². The molecule has 0 saturated carbocycles. The highest BCUT2D eigenvalue weighted by Gasteiger charge is 2.25. The van der Waals surface area contributed by atoms with Gasteiger partial charge in [0.25, 0.3) is 5.91 Å². The van der Waals surface area contributed by atoms with Gasteiger partial charge < -0.3 is 14.8 Å². The molecule has 8 heteroatoms. The lowest BCUT2D eigenvalue weighted by molar-refractivity contribution is 0.0603. The number of aryl methyl sites for hydroxylation is 1. The molecule has 0 aliphatic carbocycles. The number of anilines is 1. The van der Waals surface area contributed by atoms with Gasteiger partial charge in [0.1, 0.15) is 17.1 Å². The first-order valence-electron chi connectivity index (χ1n) is 8.47. The fourth-order valence-corrected chi connectivity index (χ4v) is 3.99. The maximum Gasteiger partial charge on any atom is 0.341 e. The van der Waals surface area contributed by atoms with Crippen LogP contribution in [0.5, 0.6) is 5.75 Å². The zero-order chi connectivity index (χ0) is 21.1. The Morgan fingerprint density at radius 3 is 2.55 bits per heavy atom. The molecule has 0 bridgehead atoms. The van der Waals surface area contributed by atoms with Crippen molar-refractivity contribution in [3.8, 4) is 16.2 Å². The fourth-order valence-electron chi connectivity index (χ4n) is 2.80. The second kappa shape index (κ2) is 8.63. The SMILES string of the molecule is COC(=O)c1c(NC(=O)c2cc(Cl)ccc2OC)csc1-c1ccc(C)cc1F. The average molecular weight is 434 g/mol. The average Bonchev–Trinajstić information content (AvgIpc) is 3.10. The van der Waals surface area contributed by atoms with Gasteiger partial charge in [-0.15, -0.1) is 11.3 Å². The summed E-state index contributed by atoms with van der Waals surface area (Å²) in [5.41, 5.74) is 1.49. The van der Waals surface area contributed by atoms with E-state index in [1.807, 2.05) is 0 Å². The highest BCUT2D eigenvalue weighted by atomic mass is 35.5. The molecule has 0 atom stereocenters. The standard InChI is InChI=1S/C21H17ClFNO4S/c1-11-4-6-13(15(23)8-11)19-18(21(26)28-3)16(10-29-19)24-20(25)14-9-12(22)5-7-17(14)27-2/h4-10H,1-3H3,(H,24,25). The van der Waals surface area contributed by atoms with Crippen LogP contribution in [0.1, 0.15) is 26.3 Å². The minimum Gasteiger partial charge on any atom is -0.496 e. The van der Waals surface area contributed by atoms with Crippen molar-refractivity contribution in [2.24, 2.45) is 0 Å². The summed E-state index contributed by atoms with van der Waals surface area (Å²) >= 11 is 7.12. The Balaban J connectivity index is 2.05. The van der Waals surface area contributed by atoms with Crippen molar-refractivity contribution < 1.29 is 23.5 Å². The topological polar surface area (TPSA) is 64.6 Å². The van der Waals surface area contributed by atoms with Crippen molar-refractivity contribution in [2.45, 2.75) is 6.92 Å². The van der Waals surface area contributed by atoms with E-state index in [4.69, 9.17) is 21.1 Å². The van der Waals surface area contributed by atoms with Gasteiger partial charge in [-0.05, 0) is 36.8 Å². The highest BCUT2D eigenvalue weighted by Crippen LogP contribution is 2.38. The maximum absolute atomic E-state index is 14.5. The molecule has 0 aliphatic heterocycles. The summed E-state index contributed by atoms with van der Waals surface area (Å²) in [4.78, 5) is 25.6. The van der Waals surface area contributed by atoms with Crippen LogP contribution in [0.3, 0.4) is 0 Å². The van der Waals surface area contributed by atoms with E-state index in [9.17, 15) is 14.0 Å². The summed E-state index contributed by atoms with van der Waals surface area (Å²) in [6.45, 7) is 1.77. The van der Waals surface area contributed by atoms with Gasteiger partial charge in [-0.1, -0.05) is 23.7 Å². The summed E-state index contributed by atoms with van der Waals surface area (Å²) in [6, 6.07) is 9.34. The molecule has 3 aromatic rings. The predicted octanol–water partition coefficient (Wildman–Crippen LogP) is 5.56. The number of benzene rings is 2. The molecule has 1 heterocycles. The fraction of sp³-hybridized carbons (Fsp3) is 0.143. The van der Waals surface area contributed by atoms with Crippen molar-refractivity contribution in [1.29, 1.82) is 0 Å². The molecular formula is C21H17ClFNO4S. The Hall–Kier alpha value is -2.90. The quantitative estimate of drug-likeness (QED) is 0.535. The van der Waals surface area contributed by atoms with Crippen molar-refractivity contribution in [3.05, 3.63) is 69.3 Å². The van der Waals surface area contributed by atoms with Crippen molar-refractivity contribution >= 4 is 40.5 Å². The number of amides is 1. The number of carbonyl (C=O) groups is 2. The first kappa shape index (κ1) is 20.8. The maximum atomic E-state index is 14.5. The van der Waals surface area contributed by atoms with Crippen LogP contribution in [-0.2, 0) is 4.74 Å². The van der Waals surface area contributed by atoms with E-state index >= 15 is 0 Å². The molecule has 0 unspecified atom stereocenters. The Bertz CT molecular complexity index is 1100. The van der Waals surface area contributed by atoms with Crippen LogP contribution in [0.15, 0.2) is 41.8 Å². The van der Waals surface area contributed by atoms with Gasteiger partial charge in [-0.25, -0.2) is 9.18 Å². The lowest BCUT2D eigenvalue weighted by atomic mass is 10.1. The Labute approximate surface area is 176 Å². The van der Waals surface area contributed by atoms with Crippen LogP contribution in [0, 0.1) is 12.7 Å². The van der Waals surface area contributed by atoms with E-state index in [-0.39, 0.29) is 22.4 Å². The van der Waals surface area contributed by atoms with Gasteiger partial charge >= 0.3 is 5.97 Å². The molecule has 0 fully saturated rings. The minimum atomic E-state index is -0.686. The van der Waals surface area contributed by atoms with Gasteiger partial charge in [-0.2, -0.15) is 0 Å². The molecular weight excluding hydrogens is 417 g/mol. The molecule has 150 valence electrons. The van der Waals surface area contributed by atoms with Crippen LogP contribution < -0.4 is 10.1 Å². The Morgan fingerprint density at radius 2 is 1.90 bits per heavy atom. The first-order valence-corrected chi connectivity index (χ1v) is 9.72. The van der Waals surface area contributed by atoms with Crippen molar-refractivity contribution in [1.82, 2.24) is 0 Å². The van der Waals surface area contributed by atoms with E-state index in [1.165, 1.54) is 26.4 Å². The monoisotopic (exact) mass is 433 g/mol. The van der Waals surface area contributed by atoms with Crippen LogP contribution >= 0.6 is 22.9 Å².